The highest BCUT2D eigenvalue weighted by Crippen LogP contribution is 2.29. The third-order valence-corrected chi connectivity index (χ3v) is 2.76. The number of aromatic nitrogens is 3. The van der Waals surface area contributed by atoms with E-state index in [1.807, 2.05) is 0 Å². The van der Waals surface area contributed by atoms with Crippen LogP contribution < -0.4 is 11.4 Å². The summed E-state index contributed by atoms with van der Waals surface area (Å²) in [4.78, 5) is 27.5. The van der Waals surface area contributed by atoms with Crippen LogP contribution in [0.15, 0.2) is 33.9 Å². The van der Waals surface area contributed by atoms with Crippen molar-refractivity contribution in [2.24, 2.45) is 0 Å². The van der Waals surface area contributed by atoms with Gasteiger partial charge in [0.15, 0.2) is 4.77 Å². The predicted molar refractivity (Wildman–Crippen MR) is 67.1 cm³/mol. The van der Waals surface area contributed by atoms with Crippen molar-refractivity contribution in [2.45, 2.75) is 12.7 Å². The summed E-state index contributed by atoms with van der Waals surface area (Å²) in [6, 6.07) is 4.19. The molecule has 1 aromatic carbocycles. The van der Waals surface area contributed by atoms with E-state index in [4.69, 9.17) is 0 Å². The molecule has 5 nitrogen and oxygen atoms in total. The minimum absolute atomic E-state index is 0.108. The summed E-state index contributed by atoms with van der Waals surface area (Å²) in [5, 5.41) is 0. The number of aromatic amines is 2. The van der Waals surface area contributed by atoms with Gasteiger partial charge >= 0.3 is 17.6 Å². The average molecular weight is 303 g/mol. The van der Waals surface area contributed by atoms with Crippen LogP contribution in [0.3, 0.4) is 0 Å². The number of nitrogens with zero attached hydrogens (tertiary/aromatic N) is 1. The molecule has 1 aromatic heterocycles. The van der Waals surface area contributed by atoms with Crippen molar-refractivity contribution in [3.63, 3.8) is 0 Å². The summed E-state index contributed by atoms with van der Waals surface area (Å²) in [5.74, 6) is 0. The van der Waals surface area contributed by atoms with E-state index in [2.05, 4.69) is 22.2 Å². The Labute approximate surface area is 114 Å². The zero-order chi connectivity index (χ0) is 14.9. The Balaban J connectivity index is 2.35. The van der Waals surface area contributed by atoms with E-state index in [0.717, 1.165) is 16.7 Å². The zero-order valence-corrected chi connectivity index (χ0v) is 10.6. The Bertz CT molecular complexity index is 752. The fourth-order valence-electron chi connectivity index (χ4n) is 1.58. The highest BCUT2D eigenvalue weighted by molar-refractivity contribution is 7.71. The molecule has 20 heavy (non-hydrogen) atoms. The molecule has 0 unspecified atom stereocenters. The van der Waals surface area contributed by atoms with E-state index >= 15 is 0 Å². The molecule has 0 saturated heterocycles. The number of benzene rings is 1. The second-order valence-corrected chi connectivity index (χ2v) is 4.38. The summed E-state index contributed by atoms with van der Waals surface area (Å²) in [6.45, 7) is -0.154. The first-order valence-electron chi connectivity index (χ1n) is 5.37. The number of H-pyrrole nitrogens is 2. The molecule has 0 aliphatic heterocycles. The Morgan fingerprint density at radius 2 is 1.55 bits per heavy atom. The molecule has 0 spiro atoms. The van der Waals surface area contributed by atoms with Gasteiger partial charge in [0.05, 0.1) is 12.1 Å². The molecular formula is C11H8F3N3O2S. The predicted octanol–water partition coefficient (Wildman–Crippen LogP) is 1.66. The number of hydrogen-bond donors (Lipinski definition) is 2. The monoisotopic (exact) mass is 303 g/mol. The molecule has 0 bridgehead atoms. The van der Waals surface area contributed by atoms with Gasteiger partial charge in [0.1, 0.15) is 0 Å². The van der Waals surface area contributed by atoms with Crippen LogP contribution in [0.4, 0.5) is 13.2 Å². The lowest BCUT2D eigenvalue weighted by atomic mass is 10.1. The Hall–Kier alpha value is -2.16. The standard InChI is InChI=1S/C11H8F3N3O2S/c12-11(13,14)7-3-1-6(2-4-7)5-17-9(18)15-8(20)16-10(17)19/h1-4H,5H2,(H2,15,16,18,19,20). The van der Waals surface area contributed by atoms with Gasteiger partial charge < -0.3 is 0 Å². The first kappa shape index (κ1) is 14.3. The molecular weight excluding hydrogens is 295 g/mol. The lowest BCUT2D eigenvalue weighted by Crippen LogP contribution is -2.37. The van der Waals surface area contributed by atoms with Gasteiger partial charge in [0, 0.05) is 0 Å². The molecule has 0 aliphatic rings. The van der Waals surface area contributed by atoms with E-state index in [9.17, 15) is 22.8 Å². The van der Waals surface area contributed by atoms with Crippen LogP contribution in [0, 0.1) is 4.77 Å². The van der Waals surface area contributed by atoms with Crippen LogP contribution in [-0.2, 0) is 12.7 Å². The van der Waals surface area contributed by atoms with Crippen molar-refractivity contribution >= 4 is 12.2 Å². The van der Waals surface area contributed by atoms with Gasteiger partial charge in [-0.3, -0.25) is 9.97 Å². The van der Waals surface area contributed by atoms with Gasteiger partial charge in [-0.1, -0.05) is 12.1 Å². The minimum Gasteiger partial charge on any atom is -0.284 e. The number of hydrogen-bond acceptors (Lipinski definition) is 3. The van der Waals surface area contributed by atoms with Crippen molar-refractivity contribution in [1.82, 2.24) is 14.5 Å². The first-order chi connectivity index (χ1) is 9.27. The van der Waals surface area contributed by atoms with Crippen LogP contribution in [0.1, 0.15) is 11.1 Å². The Morgan fingerprint density at radius 1 is 1.05 bits per heavy atom. The van der Waals surface area contributed by atoms with E-state index < -0.39 is 23.1 Å². The number of halogens is 3. The number of alkyl halides is 3. The summed E-state index contributed by atoms with van der Waals surface area (Å²) in [6.07, 6.45) is -4.43. The quantitative estimate of drug-likeness (QED) is 0.829. The maximum Gasteiger partial charge on any atom is 0.416 e. The van der Waals surface area contributed by atoms with Gasteiger partial charge in [0.2, 0.25) is 0 Å². The molecule has 2 aromatic rings. The molecule has 1 heterocycles. The van der Waals surface area contributed by atoms with Crippen molar-refractivity contribution in [3.8, 4) is 0 Å². The van der Waals surface area contributed by atoms with Gasteiger partial charge in [-0.15, -0.1) is 0 Å². The van der Waals surface area contributed by atoms with Crippen LogP contribution >= 0.6 is 12.2 Å². The first-order valence-corrected chi connectivity index (χ1v) is 5.78. The second-order valence-electron chi connectivity index (χ2n) is 3.97. The highest BCUT2D eigenvalue weighted by Gasteiger charge is 2.29. The third kappa shape index (κ3) is 3.05. The number of rotatable bonds is 2. The third-order valence-electron chi connectivity index (χ3n) is 2.55. The van der Waals surface area contributed by atoms with E-state index in [1.165, 1.54) is 12.1 Å². The fourth-order valence-corrected chi connectivity index (χ4v) is 1.75. The van der Waals surface area contributed by atoms with Gasteiger partial charge in [-0.25, -0.2) is 14.2 Å². The second kappa shape index (κ2) is 5.08. The normalized spacial score (nSPS) is 11.6. The maximum atomic E-state index is 12.4. The smallest absolute Gasteiger partial charge is 0.284 e. The van der Waals surface area contributed by atoms with E-state index in [0.29, 0.717) is 5.56 Å². The summed E-state index contributed by atoms with van der Waals surface area (Å²) in [5.41, 5.74) is -1.86. The molecule has 0 fully saturated rings. The minimum atomic E-state index is -4.43. The molecule has 106 valence electrons. The highest BCUT2D eigenvalue weighted by atomic mass is 32.1. The van der Waals surface area contributed by atoms with Crippen molar-refractivity contribution < 1.29 is 13.2 Å². The molecule has 0 aliphatic carbocycles. The average Bonchev–Trinajstić information content (AvgIpc) is 2.33. The van der Waals surface area contributed by atoms with Crippen molar-refractivity contribution in [1.29, 1.82) is 0 Å². The summed E-state index contributed by atoms with van der Waals surface area (Å²) < 4.78 is 37.9. The van der Waals surface area contributed by atoms with Crippen LogP contribution in [0.25, 0.3) is 0 Å². The number of nitrogens with one attached hydrogen (secondary N) is 2. The topological polar surface area (TPSA) is 70.7 Å². The molecule has 0 radical (unpaired) electrons. The SMILES string of the molecule is O=c1[nH]c(=S)[nH]c(=O)n1Cc1ccc(C(F)(F)F)cc1. The molecule has 2 rings (SSSR count). The van der Waals surface area contributed by atoms with Gasteiger partial charge in [-0.05, 0) is 29.9 Å². The zero-order valence-electron chi connectivity index (χ0n) is 9.82. The Kier molecular flexibility index (Phi) is 3.62. The molecule has 0 atom stereocenters. The summed E-state index contributed by atoms with van der Waals surface area (Å²) >= 11 is 4.62. The van der Waals surface area contributed by atoms with Gasteiger partial charge in [0.25, 0.3) is 0 Å². The van der Waals surface area contributed by atoms with E-state index in [-0.39, 0.29) is 11.3 Å². The fraction of sp³-hybridized carbons (Fsp3) is 0.182. The maximum absolute atomic E-state index is 12.4. The lowest BCUT2D eigenvalue weighted by Gasteiger charge is -2.08. The van der Waals surface area contributed by atoms with Crippen LogP contribution in [-0.4, -0.2) is 14.5 Å². The molecule has 0 amide bonds. The van der Waals surface area contributed by atoms with E-state index in [1.54, 1.807) is 0 Å². The molecule has 0 saturated carbocycles. The van der Waals surface area contributed by atoms with Gasteiger partial charge in [-0.2, -0.15) is 13.2 Å². The summed E-state index contributed by atoms with van der Waals surface area (Å²) in [7, 11) is 0. The largest absolute Gasteiger partial charge is 0.416 e. The van der Waals surface area contributed by atoms with Crippen LogP contribution in [0.5, 0.6) is 0 Å². The molecule has 2 N–H and O–H groups in total. The Morgan fingerprint density at radius 3 is 2.00 bits per heavy atom. The lowest BCUT2D eigenvalue weighted by molar-refractivity contribution is -0.137. The molecule has 9 heteroatoms. The van der Waals surface area contributed by atoms with Crippen LogP contribution in [0.2, 0.25) is 0 Å². The van der Waals surface area contributed by atoms with Crippen molar-refractivity contribution in [3.05, 3.63) is 61.1 Å². The van der Waals surface area contributed by atoms with Crippen molar-refractivity contribution in [2.75, 3.05) is 0 Å².